The number of rotatable bonds is 4. The van der Waals surface area contributed by atoms with Crippen LogP contribution in [0, 0.1) is 25.2 Å². The Hall–Kier alpha value is -2.80. The second kappa shape index (κ2) is 6.77. The van der Waals surface area contributed by atoms with Crippen LogP contribution in [-0.2, 0) is 4.79 Å². The standard InChI is InChI=1S/C18H18N2O2/c1-12-4-7-16(10-13(12)2)20-18(21)14(3)22-17-8-5-15(11-19)6-9-17/h4-10,14H,1-3H3,(H,20,21)/t14-/m0/s1. The number of ether oxygens (including phenoxy) is 1. The Kier molecular flexibility index (Phi) is 4.80. The van der Waals surface area contributed by atoms with E-state index in [0.717, 1.165) is 11.3 Å². The quantitative estimate of drug-likeness (QED) is 0.937. The summed E-state index contributed by atoms with van der Waals surface area (Å²) in [4.78, 5) is 12.1. The van der Waals surface area contributed by atoms with Gasteiger partial charge in [-0.1, -0.05) is 6.07 Å². The lowest BCUT2D eigenvalue weighted by atomic mass is 10.1. The van der Waals surface area contributed by atoms with Gasteiger partial charge in [-0.15, -0.1) is 0 Å². The molecule has 1 N–H and O–H groups in total. The van der Waals surface area contributed by atoms with E-state index in [4.69, 9.17) is 10.00 Å². The van der Waals surface area contributed by atoms with Crippen LogP contribution >= 0.6 is 0 Å². The third-order valence-corrected chi connectivity index (χ3v) is 3.44. The number of nitrogens with zero attached hydrogens (tertiary/aromatic N) is 1. The van der Waals surface area contributed by atoms with Gasteiger partial charge in [-0.05, 0) is 68.3 Å². The molecule has 2 aromatic rings. The molecule has 4 nitrogen and oxygen atoms in total. The molecule has 0 bridgehead atoms. The van der Waals surface area contributed by atoms with Gasteiger partial charge in [0.25, 0.3) is 5.91 Å². The molecule has 0 saturated heterocycles. The van der Waals surface area contributed by atoms with Gasteiger partial charge in [0.2, 0.25) is 0 Å². The van der Waals surface area contributed by atoms with Crippen molar-refractivity contribution < 1.29 is 9.53 Å². The summed E-state index contributed by atoms with van der Waals surface area (Å²) in [6.07, 6.45) is -0.630. The van der Waals surface area contributed by atoms with Crippen molar-refractivity contribution in [2.75, 3.05) is 5.32 Å². The van der Waals surface area contributed by atoms with Crippen molar-refractivity contribution in [2.45, 2.75) is 26.9 Å². The topological polar surface area (TPSA) is 62.1 Å². The number of anilines is 1. The molecule has 2 aromatic carbocycles. The van der Waals surface area contributed by atoms with Crippen LogP contribution < -0.4 is 10.1 Å². The lowest BCUT2D eigenvalue weighted by Gasteiger charge is -2.15. The lowest BCUT2D eigenvalue weighted by molar-refractivity contribution is -0.122. The van der Waals surface area contributed by atoms with Crippen LogP contribution in [0.1, 0.15) is 23.6 Å². The van der Waals surface area contributed by atoms with Crippen LogP contribution in [0.2, 0.25) is 0 Å². The van der Waals surface area contributed by atoms with Gasteiger partial charge < -0.3 is 10.1 Å². The Morgan fingerprint density at radius 3 is 2.41 bits per heavy atom. The summed E-state index contributed by atoms with van der Waals surface area (Å²) >= 11 is 0. The van der Waals surface area contributed by atoms with E-state index in [0.29, 0.717) is 11.3 Å². The molecular weight excluding hydrogens is 276 g/mol. The average molecular weight is 294 g/mol. The van der Waals surface area contributed by atoms with Crippen LogP contribution in [0.3, 0.4) is 0 Å². The van der Waals surface area contributed by atoms with Crippen LogP contribution in [0.5, 0.6) is 5.75 Å². The summed E-state index contributed by atoms with van der Waals surface area (Å²) < 4.78 is 5.58. The molecule has 22 heavy (non-hydrogen) atoms. The maximum atomic E-state index is 12.1. The first kappa shape index (κ1) is 15.6. The van der Waals surface area contributed by atoms with Gasteiger partial charge in [0.1, 0.15) is 5.75 Å². The highest BCUT2D eigenvalue weighted by Crippen LogP contribution is 2.16. The molecule has 0 aliphatic heterocycles. The molecule has 0 aliphatic carbocycles. The summed E-state index contributed by atoms with van der Waals surface area (Å²) in [7, 11) is 0. The normalized spacial score (nSPS) is 11.4. The van der Waals surface area contributed by atoms with Gasteiger partial charge in [0, 0.05) is 5.69 Å². The minimum Gasteiger partial charge on any atom is -0.481 e. The van der Waals surface area contributed by atoms with Crippen molar-refractivity contribution in [3.05, 3.63) is 59.2 Å². The Balaban J connectivity index is 1.99. The monoisotopic (exact) mass is 294 g/mol. The second-order valence-electron chi connectivity index (χ2n) is 5.18. The summed E-state index contributed by atoms with van der Waals surface area (Å²) in [5, 5.41) is 11.6. The van der Waals surface area contributed by atoms with Crippen molar-refractivity contribution in [1.29, 1.82) is 5.26 Å². The van der Waals surface area contributed by atoms with E-state index in [2.05, 4.69) is 5.32 Å². The van der Waals surface area contributed by atoms with Crippen LogP contribution in [0.15, 0.2) is 42.5 Å². The SMILES string of the molecule is Cc1ccc(NC(=O)[C@H](C)Oc2ccc(C#N)cc2)cc1C. The molecule has 4 heteroatoms. The molecule has 0 unspecified atom stereocenters. The molecule has 0 saturated carbocycles. The van der Waals surface area contributed by atoms with E-state index < -0.39 is 6.10 Å². The van der Waals surface area contributed by atoms with Gasteiger partial charge in [-0.3, -0.25) is 4.79 Å². The van der Waals surface area contributed by atoms with E-state index in [1.165, 1.54) is 5.56 Å². The van der Waals surface area contributed by atoms with Gasteiger partial charge in [-0.25, -0.2) is 0 Å². The average Bonchev–Trinajstić information content (AvgIpc) is 2.51. The fraction of sp³-hybridized carbons (Fsp3) is 0.222. The largest absolute Gasteiger partial charge is 0.481 e. The fourth-order valence-corrected chi connectivity index (χ4v) is 1.93. The summed E-state index contributed by atoms with van der Waals surface area (Å²) in [6.45, 7) is 5.72. The number of nitrogens with one attached hydrogen (secondary N) is 1. The molecule has 0 aliphatic rings. The zero-order valence-corrected chi connectivity index (χ0v) is 12.9. The first-order valence-corrected chi connectivity index (χ1v) is 7.04. The lowest BCUT2D eigenvalue weighted by Crippen LogP contribution is -2.30. The molecule has 0 aromatic heterocycles. The molecule has 1 atom stereocenters. The van der Waals surface area contributed by atoms with Crippen molar-refractivity contribution >= 4 is 11.6 Å². The number of nitriles is 1. The first-order chi connectivity index (χ1) is 10.5. The van der Waals surface area contributed by atoms with E-state index in [-0.39, 0.29) is 5.91 Å². The Bertz CT molecular complexity index is 715. The Morgan fingerprint density at radius 2 is 1.82 bits per heavy atom. The minimum absolute atomic E-state index is 0.215. The fourth-order valence-electron chi connectivity index (χ4n) is 1.93. The van der Waals surface area contributed by atoms with Crippen molar-refractivity contribution in [3.8, 4) is 11.8 Å². The highest BCUT2D eigenvalue weighted by molar-refractivity contribution is 5.94. The summed E-state index contributed by atoms with van der Waals surface area (Å²) in [5.41, 5.74) is 3.61. The Labute approximate surface area is 130 Å². The predicted octanol–water partition coefficient (Wildman–Crippen LogP) is 3.58. The molecule has 0 radical (unpaired) electrons. The van der Waals surface area contributed by atoms with Crippen molar-refractivity contribution in [2.24, 2.45) is 0 Å². The maximum Gasteiger partial charge on any atom is 0.265 e. The van der Waals surface area contributed by atoms with Crippen molar-refractivity contribution in [1.82, 2.24) is 0 Å². The van der Waals surface area contributed by atoms with Crippen LogP contribution in [-0.4, -0.2) is 12.0 Å². The third-order valence-electron chi connectivity index (χ3n) is 3.44. The molecular formula is C18H18N2O2. The molecule has 0 heterocycles. The number of carbonyl (C=O) groups is 1. The first-order valence-electron chi connectivity index (χ1n) is 7.04. The van der Waals surface area contributed by atoms with E-state index in [9.17, 15) is 4.79 Å². The van der Waals surface area contributed by atoms with Gasteiger partial charge in [0.05, 0.1) is 11.6 Å². The van der Waals surface area contributed by atoms with Crippen LogP contribution in [0.4, 0.5) is 5.69 Å². The summed E-state index contributed by atoms with van der Waals surface area (Å²) in [5.74, 6) is 0.342. The highest BCUT2D eigenvalue weighted by Gasteiger charge is 2.15. The van der Waals surface area contributed by atoms with E-state index >= 15 is 0 Å². The molecule has 1 amide bonds. The molecule has 2 rings (SSSR count). The van der Waals surface area contributed by atoms with Gasteiger partial charge in [0.15, 0.2) is 6.10 Å². The third kappa shape index (κ3) is 3.86. The maximum absolute atomic E-state index is 12.1. The van der Waals surface area contributed by atoms with E-state index in [1.807, 2.05) is 38.1 Å². The zero-order valence-electron chi connectivity index (χ0n) is 12.9. The zero-order chi connectivity index (χ0) is 16.1. The minimum atomic E-state index is -0.630. The highest BCUT2D eigenvalue weighted by atomic mass is 16.5. The number of amides is 1. The number of aryl methyl sites for hydroxylation is 2. The Morgan fingerprint density at radius 1 is 1.14 bits per heavy atom. The van der Waals surface area contributed by atoms with E-state index in [1.54, 1.807) is 31.2 Å². The number of carbonyl (C=O) groups excluding carboxylic acids is 1. The smallest absolute Gasteiger partial charge is 0.265 e. The van der Waals surface area contributed by atoms with Crippen LogP contribution in [0.25, 0.3) is 0 Å². The predicted molar refractivity (Wildman–Crippen MR) is 85.8 cm³/mol. The number of hydrogen-bond acceptors (Lipinski definition) is 3. The van der Waals surface area contributed by atoms with Crippen molar-refractivity contribution in [3.63, 3.8) is 0 Å². The number of hydrogen-bond donors (Lipinski definition) is 1. The number of benzene rings is 2. The molecule has 0 spiro atoms. The van der Waals surface area contributed by atoms with Gasteiger partial charge >= 0.3 is 0 Å². The molecule has 112 valence electrons. The van der Waals surface area contributed by atoms with Gasteiger partial charge in [-0.2, -0.15) is 5.26 Å². The second-order valence-corrected chi connectivity index (χ2v) is 5.18. The molecule has 0 fully saturated rings. The summed E-state index contributed by atoms with van der Waals surface area (Å²) in [6, 6.07) is 14.5.